The molecular formula is C27H37B2NO2. The molecule has 3 rings (SSSR count). The highest BCUT2D eigenvalue weighted by Crippen LogP contribution is 2.41. The standard InChI is InChI=1S/C27H37B2NO2/c1-4-18-28(19-5-2)26(32)29-20-16-27(17-21-29,24-14-10-7-11-15-24)25(31)30-22(3)23-12-8-6-9-13-23/h6-15,22H,4-5,16-21H2,1-3H3,(H,30,31)/t22-/m0/s1. The second kappa shape index (κ2) is 11.5. The highest BCUT2D eigenvalue weighted by molar-refractivity contribution is 7.18. The largest absolute Gasteiger partial charge is 0.349 e. The second-order valence-corrected chi connectivity index (χ2v) is 9.50. The quantitative estimate of drug-likeness (QED) is 0.428. The van der Waals surface area contributed by atoms with Crippen LogP contribution in [0.15, 0.2) is 60.7 Å². The summed E-state index contributed by atoms with van der Waals surface area (Å²) in [6.07, 6.45) is 7.13. The highest BCUT2D eigenvalue weighted by Gasteiger charge is 2.46. The first-order valence-corrected chi connectivity index (χ1v) is 12.5. The monoisotopic (exact) mass is 429 g/mol. The van der Waals surface area contributed by atoms with Crippen molar-refractivity contribution in [1.29, 1.82) is 0 Å². The molecule has 1 heterocycles. The lowest BCUT2D eigenvalue weighted by molar-refractivity contribution is -0.128. The Balaban J connectivity index is 1.78. The average molecular weight is 429 g/mol. The Morgan fingerprint density at radius 3 is 2.00 bits per heavy atom. The number of rotatable bonds is 10. The lowest BCUT2D eigenvalue weighted by Crippen LogP contribution is -2.50. The van der Waals surface area contributed by atoms with Crippen LogP contribution in [0.3, 0.4) is 0 Å². The molecule has 1 fully saturated rings. The third-order valence-electron chi connectivity index (χ3n) is 7.33. The summed E-state index contributed by atoms with van der Waals surface area (Å²) in [7, 11) is 0. The number of carbonyl (C=O) groups is 2. The van der Waals surface area contributed by atoms with E-state index in [1.165, 1.54) is 0 Å². The first kappa shape index (κ1) is 24.4. The lowest BCUT2D eigenvalue weighted by atomic mass is 9.21. The van der Waals surface area contributed by atoms with Gasteiger partial charge < -0.3 is 10.1 Å². The summed E-state index contributed by atoms with van der Waals surface area (Å²) < 4.78 is 0. The van der Waals surface area contributed by atoms with E-state index in [4.69, 9.17) is 0 Å². The zero-order valence-corrected chi connectivity index (χ0v) is 20.0. The summed E-state index contributed by atoms with van der Waals surface area (Å²) in [6.45, 7) is 6.65. The van der Waals surface area contributed by atoms with Gasteiger partial charge in [-0.05, 0) is 30.9 Å². The van der Waals surface area contributed by atoms with Crippen molar-refractivity contribution in [2.75, 3.05) is 0 Å². The minimum absolute atomic E-state index is 0.0536. The summed E-state index contributed by atoms with van der Waals surface area (Å²) in [5, 5.41) is 3.29. The molecule has 0 radical (unpaired) electrons. The van der Waals surface area contributed by atoms with Gasteiger partial charge in [0.25, 0.3) is 0 Å². The van der Waals surface area contributed by atoms with Crippen molar-refractivity contribution in [3.63, 3.8) is 0 Å². The Morgan fingerprint density at radius 2 is 1.47 bits per heavy atom. The first-order chi connectivity index (χ1) is 15.5. The van der Waals surface area contributed by atoms with Crippen LogP contribution in [0.2, 0.25) is 25.3 Å². The zero-order valence-electron chi connectivity index (χ0n) is 20.0. The van der Waals surface area contributed by atoms with E-state index in [2.05, 4.69) is 43.4 Å². The molecular weight excluding hydrogens is 392 g/mol. The molecule has 0 aromatic heterocycles. The van der Waals surface area contributed by atoms with Crippen LogP contribution in [0.5, 0.6) is 0 Å². The third kappa shape index (κ3) is 5.54. The predicted molar refractivity (Wildman–Crippen MR) is 137 cm³/mol. The van der Waals surface area contributed by atoms with Crippen molar-refractivity contribution in [2.24, 2.45) is 0 Å². The molecule has 2 aromatic carbocycles. The molecule has 1 aliphatic heterocycles. The average Bonchev–Trinajstić information content (AvgIpc) is 2.84. The zero-order chi connectivity index (χ0) is 23.0. The van der Waals surface area contributed by atoms with Gasteiger partial charge in [0.2, 0.25) is 19.3 Å². The van der Waals surface area contributed by atoms with Gasteiger partial charge in [0, 0.05) is 0 Å². The number of amides is 1. The molecule has 2 aromatic rings. The molecule has 168 valence electrons. The van der Waals surface area contributed by atoms with Gasteiger partial charge in [-0.3, -0.25) is 4.79 Å². The van der Waals surface area contributed by atoms with Crippen LogP contribution in [0.1, 0.15) is 63.6 Å². The SMILES string of the molecule is CCCB(CCC)C(=O)B1CCC(C(=O)N[C@@H](C)c2ccccc2)(c2ccccc2)CC1. The normalized spacial score (nSPS) is 16.3. The minimum atomic E-state index is -0.563. The fourth-order valence-electron chi connectivity index (χ4n) is 5.42. The Bertz CT molecular complexity index is 858. The topological polar surface area (TPSA) is 46.2 Å². The van der Waals surface area contributed by atoms with E-state index < -0.39 is 5.41 Å². The molecule has 1 aliphatic rings. The van der Waals surface area contributed by atoms with Crippen molar-refractivity contribution in [2.45, 2.75) is 83.2 Å². The van der Waals surface area contributed by atoms with Crippen LogP contribution in [-0.4, -0.2) is 24.9 Å². The Morgan fingerprint density at radius 1 is 0.938 bits per heavy atom. The summed E-state index contributed by atoms with van der Waals surface area (Å²) in [4.78, 5) is 27.0. The molecule has 1 atom stereocenters. The second-order valence-electron chi connectivity index (χ2n) is 9.50. The van der Waals surface area contributed by atoms with Crippen molar-refractivity contribution >= 4 is 24.9 Å². The number of benzene rings is 2. The van der Waals surface area contributed by atoms with Gasteiger partial charge in [0.15, 0.2) is 0 Å². The molecule has 5 heteroatoms. The lowest BCUT2D eigenvalue weighted by Gasteiger charge is -2.39. The van der Waals surface area contributed by atoms with Crippen LogP contribution < -0.4 is 5.32 Å². The molecule has 32 heavy (non-hydrogen) atoms. The first-order valence-electron chi connectivity index (χ1n) is 12.5. The molecule has 3 nitrogen and oxygen atoms in total. The number of carbonyl (C=O) groups excluding carboxylic acids is 2. The fourth-order valence-corrected chi connectivity index (χ4v) is 5.42. The van der Waals surface area contributed by atoms with Gasteiger partial charge in [-0.25, -0.2) is 0 Å². The minimum Gasteiger partial charge on any atom is -0.349 e. The van der Waals surface area contributed by atoms with Crippen molar-refractivity contribution in [3.8, 4) is 0 Å². The van der Waals surface area contributed by atoms with E-state index in [9.17, 15) is 9.59 Å². The van der Waals surface area contributed by atoms with Crippen LogP contribution in [0.4, 0.5) is 4.79 Å². The number of hydrogen-bond acceptors (Lipinski definition) is 2. The molecule has 1 amide bonds. The van der Waals surface area contributed by atoms with E-state index >= 15 is 0 Å². The highest BCUT2D eigenvalue weighted by atomic mass is 16.2. The number of hydrogen-bond donors (Lipinski definition) is 1. The Hall–Kier alpha value is -2.29. The Kier molecular flexibility index (Phi) is 8.78. The van der Waals surface area contributed by atoms with Gasteiger partial charge >= 0.3 is 0 Å². The molecule has 0 spiro atoms. The van der Waals surface area contributed by atoms with Crippen molar-refractivity contribution in [1.82, 2.24) is 5.32 Å². The summed E-state index contributed by atoms with van der Waals surface area (Å²) >= 11 is 0. The Labute approximate surface area is 194 Å². The maximum absolute atomic E-state index is 13.7. The van der Waals surface area contributed by atoms with Gasteiger partial charge in [-0.1, -0.05) is 113 Å². The van der Waals surface area contributed by atoms with Gasteiger partial charge in [0.1, 0.15) is 0 Å². The fraction of sp³-hybridized carbons (Fsp3) is 0.481. The predicted octanol–water partition coefficient (Wildman–Crippen LogP) is 6.69. The maximum atomic E-state index is 13.7. The van der Waals surface area contributed by atoms with Crippen LogP contribution >= 0.6 is 0 Å². The molecule has 0 unspecified atom stereocenters. The van der Waals surface area contributed by atoms with E-state index in [1.807, 2.05) is 43.3 Å². The van der Waals surface area contributed by atoms with Gasteiger partial charge in [-0.2, -0.15) is 0 Å². The molecule has 1 N–H and O–H groups in total. The molecule has 0 bridgehead atoms. The smallest absolute Gasteiger partial charge is 0.231 e. The summed E-state index contributed by atoms with van der Waals surface area (Å²) in [5.74, 6) is 0.0876. The molecule has 0 saturated carbocycles. The van der Waals surface area contributed by atoms with Crippen LogP contribution in [0, 0.1) is 0 Å². The van der Waals surface area contributed by atoms with Crippen molar-refractivity contribution in [3.05, 3.63) is 71.8 Å². The van der Waals surface area contributed by atoms with Crippen LogP contribution in [-0.2, 0) is 10.2 Å². The van der Waals surface area contributed by atoms with Gasteiger partial charge in [-0.15, -0.1) is 0 Å². The molecule has 0 aliphatic carbocycles. The van der Waals surface area contributed by atoms with E-state index in [0.29, 0.717) is 5.58 Å². The van der Waals surface area contributed by atoms with Crippen molar-refractivity contribution < 1.29 is 9.59 Å². The van der Waals surface area contributed by atoms with E-state index in [1.54, 1.807) is 0 Å². The van der Waals surface area contributed by atoms with Gasteiger partial charge in [0.05, 0.1) is 17.0 Å². The summed E-state index contributed by atoms with van der Waals surface area (Å²) in [6, 6.07) is 20.2. The van der Waals surface area contributed by atoms with Crippen LogP contribution in [0.25, 0.3) is 0 Å². The number of nitrogens with one attached hydrogen (secondary N) is 1. The third-order valence-corrected chi connectivity index (χ3v) is 7.33. The van der Waals surface area contributed by atoms with E-state index in [-0.39, 0.29) is 25.4 Å². The maximum Gasteiger partial charge on any atom is 0.231 e. The summed E-state index contributed by atoms with van der Waals surface area (Å²) in [5.41, 5.74) is 2.05. The molecule has 1 saturated heterocycles. The van der Waals surface area contributed by atoms with E-state index in [0.717, 1.165) is 62.1 Å².